The lowest BCUT2D eigenvalue weighted by atomic mass is 9.99. The number of ether oxygens (including phenoxy) is 1. The highest BCUT2D eigenvalue weighted by Crippen LogP contribution is 2.34. The summed E-state index contributed by atoms with van der Waals surface area (Å²) in [7, 11) is 0. The number of nitrogens with one attached hydrogen (secondary N) is 1. The highest BCUT2D eigenvalue weighted by atomic mass is 19.1. The molecule has 0 saturated carbocycles. The monoisotopic (exact) mass is 372 g/mol. The summed E-state index contributed by atoms with van der Waals surface area (Å²) in [6.45, 7) is 9.73. The average Bonchev–Trinajstić information content (AvgIpc) is 2.66. The van der Waals surface area contributed by atoms with Crippen molar-refractivity contribution in [3.63, 3.8) is 0 Å². The Morgan fingerprint density at radius 1 is 1.15 bits per heavy atom. The second-order valence-corrected chi connectivity index (χ2v) is 7.52. The summed E-state index contributed by atoms with van der Waals surface area (Å²) in [6, 6.07) is 10.4. The molecule has 0 aliphatic carbocycles. The van der Waals surface area contributed by atoms with Gasteiger partial charge in [0, 0.05) is 38.2 Å². The molecule has 0 bridgehead atoms. The lowest BCUT2D eigenvalue weighted by molar-refractivity contribution is 0.0165. The first-order valence-corrected chi connectivity index (χ1v) is 9.63. The number of benzene rings is 2. The highest BCUT2D eigenvalue weighted by molar-refractivity contribution is 5.46. The first kappa shape index (κ1) is 19.6. The smallest absolute Gasteiger partial charge is 0.156 e. The number of hydrogen-bond acceptors (Lipinski definition) is 4. The van der Waals surface area contributed by atoms with E-state index in [1.807, 2.05) is 31.2 Å². The minimum absolute atomic E-state index is 0.140. The van der Waals surface area contributed by atoms with E-state index in [0.29, 0.717) is 12.2 Å². The predicted molar refractivity (Wildman–Crippen MR) is 106 cm³/mol. The molecule has 146 valence electrons. The second-order valence-electron chi connectivity index (χ2n) is 7.52. The van der Waals surface area contributed by atoms with E-state index in [1.54, 1.807) is 0 Å². The molecule has 1 aliphatic rings. The van der Waals surface area contributed by atoms with Gasteiger partial charge in [0.15, 0.2) is 6.23 Å². The first-order valence-electron chi connectivity index (χ1n) is 9.63. The Morgan fingerprint density at radius 2 is 1.81 bits per heavy atom. The number of hydrogen-bond donors (Lipinski definition) is 2. The maximum absolute atomic E-state index is 13.3. The van der Waals surface area contributed by atoms with Crippen LogP contribution in [0.2, 0.25) is 0 Å². The van der Waals surface area contributed by atoms with Gasteiger partial charge in [0.05, 0.1) is 0 Å². The highest BCUT2D eigenvalue weighted by Gasteiger charge is 2.24. The van der Waals surface area contributed by atoms with Crippen molar-refractivity contribution in [2.75, 3.05) is 26.2 Å². The third-order valence-electron chi connectivity index (χ3n) is 5.10. The molecule has 1 saturated heterocycles. The maximum atomic E-state index is 13.3. The lowest BCUT2D eigenvalue weighted by Gasteiger charge is -2.35. The molecule has 3 rings (SSSR count). The molecule has 1 aliphatic heterocycles. The van der Waals surface area contributed by atoms with Crippen LogP contribution in [0.15, 0.2) is 36.4 Å². The number of piperazine rings is 1. The predicted octanol–water partition coefficient (Wildman–Crippen LogP) is 3.82. The van der Waals surface area contributed by atoms with Crippen molar-refractivity contribution in [1.29, 1.82) is 0 Å². The molecule has 0 spiro atoms. The van der Waals surface area contributed by atoms with Crippen LogP contribution in [0, 0.1) is 12.7 Å². The van der Waals surface area contributed by atoms with Crippen molar-refractivity contribution >= 4 is 0 Å². The van der Waals surface area contributed by atoms with Gasteiger partial charge in [0.25, 0.3) is 0 Å². The van der Waals surface area contributed by atoms with Gasteiger partial charge in [0.2, 0.25) is 0 Å². The van der Waals surface area contributed by atoms with Crippen LogP contribution in [0.1, 0.15) is 36.5 Å². The molecule has 1 fully saturated rings. The van der Waals surface area contributed by atoms with Gasteiger partial charge in [-0.15, -0.1) is 0 Å². The van der Waals surface area contributed by atoms with E-state index in [9.17, 15) is 9.50 Å². The Kier molecular flexibility index (Phi) is 6.34. The van der Waals surface area contributed by atoms with Crippen LogP contribution in [0.25, 0.3) is 0 Å². The minimum atomic E-state index is -0.227. The fourth-order valence-electron chi connectivity index (χ4n) is 3.42. The largest absolute Gasteiger partial charge is 0.508 e. The Bertz CT molecular complexity index is 756. The molecule has 2 aromatic rings. The summed E-state index contributed by atoms with van der Waals surface area (Å²) >= 11 is 0. The molecule has 0 amide bonds. The van der Waals surface area contributed by atoms with Crippen molar-refractivity contribution in [3.8, 4) is 11.5 Å². The van der Waals surface area contributed by atoms with Gasteiger partial charge >= 0.3 is 0 Å². The average molecular weight is 372 g/mol. The van der Waals surface area contributed by atoms with E-state index in [4.69, 9.17) is 4.74 Å². The molecule has 4 nitrogen and oxygen atoms in total. The Hall–Kier alpha value is -2.11. The van der Waals surface area contributed by atoms with Crippen LogP contribution in [0.4, 0.5) is 4.39 Å². The van der Waals surface area contributed by atoms with Crippen molar-refractivity contribution < 1.29 is 14.2 Å². The molecule has 5 heteroatoms. The SMILES string of the molecule is Cc1cc(OC(Cc2ccc(F)cc2)N2CCNCC2)c(C(C)C)cc1O. The molecule has 27 heavy (non-hydrogen) atoms. The van der Waals surface area contributed by atoms with Crippen molar-refractivity contribution in [2.24, 2.45) is 0 Å². The van der Waals surface area contributed by atoms with Gasteiger partial charge in [-0.25, -0.2) is 4.39 Å². The Labute approximate surface area is 161 Å². The van der Waals surface area contributed by atoms with Gasteiger partial charge in [-0.3, -0.25) is 4.90 Å². The van der Waals surface area contributed by atoms with Crippen molar-refractivity contribution in [2.45, 2.75) is 39.3 Å². The number of aromatic hydroxyl groups is 1. The van der Waals surface area contributed by atoms with Crippen LogP contribution in [-0.2, 0) is 6.42 Å². The number of halogens is 1. The topological polar surface area (TPSA) is 44.7 Å². The summed E-state index contributed by atoms with van der Waals surface area (Å²) < 4.78 is 19.8. The molecule has 0 radical (unpaired) electrons. The van der Waals surface area contributed by atoms with Crippen molar-refractivity contribution in [1.82, 2.24) is 10.2 Å². The van der Waals surface area contributed by atoms with E-state index in [1.165, 1.54) is 12.1 Å². The standard InChI is InChI=1S/C22H29FN2O2/c1-15(2)19-14-20(26)16(3)12-21(19)27-22(25-10-8-24-9-11-25)13-17-4-6-18(23)7-5-17/h4-7,12,14-15,22,24,26H,8-11,13H2,1-3H3. The summed E-state index contributed by atoms with van der Waals surface area (Å²) in [5, 5.41) is 13.5. The van der Waals surface area contributed by atoms with E-state index in [-0.39, 0.29) is 18.0 Å². The number of phenolic OH excluding ortho intramolecular Hbond substituents is 1. The second kappa shape index (κ2) is 8.72. The zero-order valence-corrected chi connectivity index (χ0v) is 16.3. The Balaban J connectivity index is 1.88. The molecule has 1 heterocycles. The van der Waals surface area contributed by atoms with Crippen LogP contribution in [0.5, 0.6) is 11.5 Å². The third-order valence-corrected chi connectivity index (χ3v) is 5.10. The summed E-state index contributed by atoms with van der Waals surface area (Å²) in [6.07, 6.45) is 0.539. The molecule has 2 aromatic carbocycles. The van der Waals surface area contributed by atoms with Crippen molar-refractivity contribution in [3.05, 3.63) is 58.9 Å². The van der Waals surface area contributed by atoms with Gasteiger partial charge in [-0.2, -0.15) is 0 Å². The van der Waals surface area contributed by atoms with E-state index in [2.05, 4.69) is 24.1 Å². The number of aryl methyl sites for hydroxylation is 1. The van der Waals surface area contributed by atoms with Crippen LogP contribution >= 0.6 is 0 Å². The maximum Gasteiger partial charge on any atom is 0.156 e. The fraction of sp³-hybridized carbons (Fsp3) is 0.455. The number of nitrogens with zero attached hydrogens (tertiary/aromatic N) is 1. The quantitative estimate of drug-likeness (QED) is 0.809. The Morgan fingerprint density at radius 3 is 2.44 bits per heavy atom. The number of rotatable bonds is 6. The summed E-state index contributed by atoms with van der Waals surface area (Å²) in [4.78, 5) is 2.33. The first-order chi connectivity index (χ1) is 12.9. The minimum Gasteiger partial charge on any atom is -0.508 e. The molecule has 0 aromatic heterocycles. The summed E-state index contributed by atoms with van der Waals surface area (Å²) in [5.74, 6) is 1.12. The van der Waals surface area contributed by atoms with E-state index in [0.717, 1.165) is 48.6 Å². The number of phenols is 1. The van der Waals surface area contributed by atoms with Gasteiger partial charge in [-0.1, -0.05) is 26.0 Å². The van der Waals surface area contributed by atoms with Crippen LogP contribution in [0.3, 0.4) is 0 Å². The normalized spacial score (nSPS) is 16.5. The van der Waals surface area contributed by atoms with E-state index < -0.39 is 0 Å². The third kappa shape index (κ3) is 4.99. The fourth-order valence-corrected chi connectivity index (χ4v) is 3.42. The lowest BCUT2D eigenvalue weighted by Crippen LogP contribution is -2.51. The molecule has 1 atom stereocenters. The van der Waals surface area contributed by atoms with E-state index >= 15 is 0 Å². The molecule has 1 unspecified atom stereocenters. The zero-order chi connectivity index (χ0) is 19.4. The molecular formula is C22H29FN2O2. The van der Waals surface area contributed by atoms with Crippen LogP contribution < -0.4 is 10.1 Å². The van der Waals surface area contributed by atoms with Gasteiger partial charge < -0.3 is 15.2 Å². The molecular weight excluding hydrogens is 343 g/mol. The zero-order valence-electron chi connectivity index (χ0n) is 16.3. The van der Waals surface area contributed by atoms with Gasteiger partial charge in [-0.05, 0) is 48.2 Å². The van der Waals surface area contributed by atoms with Crippen LogP contribution in [-0.4, -0.2) is 42.4 Å². The van der Waals surface area contributed by atoms with Gasteiger partial charge in [0.1, 0.15) is 17.3 Å². The summed E-state index contributed by atoms with van der Waals surface area (Å²) in [5.41, 5.74) is 2.84. The molecule has 2 N–H and O–H groups in total.